The van der Waals surface area contributed by atoms with Gasteiger partial charge < -0.3 is 14.6 Å². The molecule has 0 aromatic heterocycles. The van der Waals surface area contributed by atoms with Crippen LogP contribution in [0.25, 0.3) is 0 Å². The smallest absolute Gasteiger partial charge is 0.312 e. The number of carboxylic acid groups (broad SMARTS) is 1. The second-order valence-electron chi connectivity index (χ2n) is 2.46. The highest BCUT2D eigenvalue weighted by Crippen LogP contribution is 2.40. The quantitative estimate of drug-likeness (QED) is 0.672. The van der Waals surface area contributed by atoms with Gasteiger partial charge in [0, 0.05) is 10.8 Å². The minimum atomic E-state index is -0.800. The van der Waals surface area contributed by atoms with Crippen LogP contribution in [0.1, 0.15) is 0 Å². The van der Waals surface area contributed by atoms with Gasteiger partial charge in [-0.15, -0.1) is 0 Å². The third-order valence-electron chi connectivity index (χ3n) is 1.57. The molecule has 0 amide bonds. The number of aliphatic carboxylic acids is 1. The minimum Gasteiger partial charge on any atom is -0.492 e. The summed E-state index contributed by atoms with van der Waals surface area (Å²) in [5.41, 5.74) is 0. The van der Waals surface area contributed by atoms with Gasteiger partial charge in [0.25, 0.3) is 0 Å². The van der Waals surface area contributed by atoms with E-state index < -0.39 is 16.9 Å². The molecule has 0 fully saturated rings. The summed E-state index contributed by atoms with van der Waals surface area (Å²) in [6, 6.07) is 0. The maximum absolute atomic E-state index is 10.4. The first-order chi connectivity index (χ1) is 6.17. The Morgan fingerprint density at radius 1 is 1.38 bits per heavy atom. The molecule has 0 radical (unpaired) electrons. The average molecular weight is 204 g/mol. The molecule has 0 aromatic carbocycles. The van der Waals surface area contributed by atoms with Crippen LogP contribution < -0.4 is 0 Å². The lowest BCUT2D eigenvalue weighted by Gasteiger charge is -2.03. The largest absolute Gasteiger partial charge is 0.492 e. The van der Waals surface area contributed by atoms with Crippen molar-refractivity contribution in [3.8, 4) is 0 Å². The van der Waals surface area contributed by atoms with Gasteiger partial charge >= 0.3 is 5.97 Å². The van der Waals surface area contributed by atoms with Crippen LogP contribution in [0.15, 0.2) is 22.3 Å². The lowest BCUT2D eigenvalue weighted by atomic mass is 10.5. The molecule has 0 aliphatic carbocycles. The summed E-state index contributed by atoms with van der Waals surface area (Å²) in [6.07, 6.45) is 0. The van der Waals surface area contributed by atoms with Gasteiger partial charge in [-0.25, -0.2) is 0 Å². The van der Waals surface area contributed by atoms with Gasteiger partial charge in [0.05, 0.1) is 20.0 Å². The van der Waals surface area contributed by atoms with E-state index in [9.17, 15) is 4.79 Å². The number of carboxylic acids is 1. The van der Waals surface area contributed by atoms with Crippen molar-refractivity contribution in [2.45, 2.75) is 0 Å². The first kappa shape index (κ1) is 9.98. The fraction of sp³-hybridized carbons (Fsp3) is 0.375. The third kappa shape index (κ3) is 2.42. The molecule has 0 bridgehead atoms. The van der Waals surface area contributed by atoms with E-state index in [2.05, 4.69) is 0 Å². The molecular formula is C8H12O4S. The van der Waals surface area contributed by atoms with Crippen LogP contribution in [0.2, 0.25) is 0 Å². The van der Waals surface area contributed by atoms with Crippen LogP contribution in [0.5, 0.6) is 0 Å². The van der Waals surface area contributed by atoms with E-state index in [4.69, 9.17) is 14.6 Å². The molecule has 13 heavy (non-hydrogen) atoms. The maximum atomic E-state index is 10.4. The predicted molar refractivity (Wildman–Crippen MR) is 51.7 cm³/mol. The first-order valence-corrected chi connectivity index (χ1v) is 5.33. The Hall–Kier alpha value is -1.10. The molecule has 0 saturated heterocycles. The molecule has 1 heterocycles. The second kappa shape index (κ2) is 4.23. The highest BCUT2D eigenvalue weighted by atomic mass is 32.2. The summed E-state index contributed by atoms with van der Waals surface area (Å²) in [5.74, 6) is 0.603. The number of hydrogen-bond donors (Lipinski definition) is 2. The molecule has 4 nitrogen and oxygen atoms in total. The molecular weight excluding hydrogens is 192 g/mol. The maximum Gasteiger partial charge on any atom is 0.312 e. The van der Waals surface area contributed by atoms with Crippen molar-refractivity contribution in [3.05, 3.63) is 22.3 Å². The fourth-order valence-corrected chi connectivity index (χ4v) is 2.66. The number of methoxy groups -OCH3 is 2. The molecule has 0 unspecified atom stereocenters. The predicted octanol–water partition coefficient (Wildman–Crippen LogP) is 1.06. The van der Waals surface area contributed by atoms with Crippen molar-refractivity contribution in [2.75, 3.05) is 20.0 Å². The average Bonchev–Trinajstić information content (AvgIpc) is 2.45. The number of thiol groups is 1. The molecule has 1 N–H and O–H groups in total. The van der Waals surface area contributed by atoms with Crippen LogP contribution in [0, 0.1) is 0 Å². The van der Waals surface area contributed by atoms with E-state index in [1.165, 1.54) is 14.2 Å². The van der Waals surface area contributed by atoms with Crippen molar-refractivity contribution in [2.24, 2.45) is 0 Å². The lowest BCUT2D eigenvalue weighted by Crippen LogP contribution is -1.99. The number of rotatable bonds is 4. The summed E-state index contributed by atoms with van der Waals surface area (Å²) in [4.78, 5) is 10.4. The van der Waals surface area contributed by atoms with E-state index in [0.29, 0.717) is 11.5 Å². The number of carbonyl (C=O) groups is 1. The van der Waals surface area contributed by atoms with Gasteiger partial charge in [-0.2, -0.15) is 10.9 Å². The normalized spacial score (nSPS) is 17.8. The topological polar surface area (TPSA) is 55.8 Å². The Kier molecular flexibility index (Phi) is 3.25. The van der Waals surface area contributed by atoms with Gasteiger partial charge in [0.15, 0.2) is 11.5 Å². The zero-order chi connectivity index (χ0) is 9.84. The SMILES string of the molecule is COC1=C[SH](CC(=O)O)C=C1OC. The summed E-state index contributed by atoms with van der Waals surface area (Å²) < 4.78 is 10.0. The van der Waals surface area contributed by atoms with Crippen molar-refractivity contribution >= 4 is 16.9 Å². The Bertz CT molecular complexity index is 249. The number of hydrogen-bond acceptors (Lipinski definition) is 3. The van der Waals surface area contributed by atoms with E-state index in [-0.39, 0.29) is 5.75 Å². The standard InChI is InChI=1S/C8H12O4S/c1-11-6-3-13(5-8(9)10)4-7(6)12-2/h3-4,13H,5H2,1-2H3,(H,9,10). The Morgan fingerprint density at radius 2 is 1.85 bits per heavy atom. The third-order valence-corrected chi connectivity index (χ3v) is 3.33. The summed E-state index contributed by atoms with van der Waals surface area (Å²) >= 11 is 0. The molecule has 0 spiro atoms. The first-order valence-electron chi connectivity index (χ1n) is 3.67. The number of ether oxygens (including phenoxy) is 2. The van der Waals surface area contributed by atoms with Crippen LogP contribution in [-0.2, 0) is 14.3 Å². The molecule has 1 rings (SSSR count). The van der Waals surface area contributed by atoms with Gasteiger partial charge in [0.1, 0.15) is 0 Å². The van der Waals surface area contributed by atoms with Crippen molar-refractivity contribution < 1.29 is 19.4 Å². The van der Waals surface area contributed by atoms with E-state index >= 15 is 0 Å². The molecule has 5 heteroatoms. The monoisotopic (exact) mass is 204 g/mol. The van der Waals surface area contributed by atoms with Crippen LogP contribution in [0.3, 0.4) is 0 Å². The zero-order valence-corrected chi connectivity index (χ0v) is 8.38. The van der Waals surface area contributed by atoms with Crippen molar-refractivity contribution in [1.82, 2.24) is 0 Å². The van der Waals surface area contributed by atoms with Crippen LogP contribution >= 0.6 is 10.9 Å². The van der Waals surface area contributed by atoms with Crippen LogP contribution in [0.4, 0.5) is 0 Å². The molecule has 0 atom stereocenters. The highest BCUT2D eigenvalue weighted by molar-refractivity contribution is 8.22. The molecule has 0 saturated carbocycles. The molecule has 74 valence electrons. The van der Waals surface area contributed by atoms with Crippen molar-refractivity contribution in [3.63, 3.8) is 0 Å². The highest BCUT2D eigenvalue weighted by Gasteiger charge is 2.18. The zero-order valence-electron chi connectivity index (χ0n) is 7.48. The summed E-state index contributed by atoms with van der Waals surface area (Å²) in [6.45, 7) is 0. The van der Waals surface area contributed by atoms with Gasteiger partial charge in [0.2, 0.25) is 0 Å². The summed E-state index contributed by atoms with van der Waals surface area (Å²) in [7, 11) is 2.33. The Balaban J connectivity index is 2.68. The lowest BCUT2D eigenvalue weighted by molar-refractivity contribution is -0.133. The molecule has 0 aromatic rings. The van der Waals surface area contributed by atoms with Crippen molar-refractivity contribution in [1.29, 1.82) is 0 Å². The fourth-order valence-electron chi connectivity index (χ4n) is 1.02. The molecule has 1 aliphatic rings. The van der Waals surface area contributed by atoms with Gasteiger partial charge in [-0.05, 0) is 0 Å². The Labute approximate surface area is 79.2 Å². The van der Waals surface area contributed by atoms with Gasteiger partial charge in [-0.3, -0.25) is 4.79 Å². The minimum absolute atomic E-state index is 0.134. The van der Waals surface area contributed by atoms with Crippen LogP contribution in [-0.4, -0.2) is 31.0 Å². The van der Waals surface area contributed by atoms with E-state index in [1.807, 2.05) is 10.8 Å². The van der Waals surface area contributed by atoms with Gasteiger partial charge in [-0.1, -0.05) is 0 Å². The second-order valence-corrected chi connectivity index (χ2v) is 4.32. The Morgan fingerprint density at radius 3 is 2.15 bits per heavy atom. The summed E-state index contributed by atoms with van der Waals surface area (Å²) in [5, 5.41) is 12.2. The molecule has 1 aliphatic heterocycles. The van der Waals surface area contributed by atoms with E-state index in [1.54, 1.807) is 0 Å². The van der Waals surface area contributed by atoms with E-state index in [0.717, 1.165) is 0 Å².